The topological polar surface area (TPSA) is 81.5 Å². The largest absolute Gasteiger partial charge is 0.469 e. The van der Waals surface area contributed by atoms with Gasteiger partial charge in [0.15, 0.2) is 0 Å². The van der Waals surface area contributed by atoms with E-state index in [1.54, 1.807) is 6.20 Å². The Hall–Kier alpha value is -1.41. The van der Waals surface area contributed by atoms with Gasteiger partial charge < -0.3 is 9.30 Å². The summed E-state index contributed by atoms with van der Waals surface area (Å²) >= 11 is 0. The van der Waals surface area contributed by atoms with Gasteiger partial charge in [0.1, 0.15) is 5.82 Å². The molecule has 2 rings (SSSR count). The molecule has 0 radical (unpaired) electrons. The van der Waals surface area contributed by atoms with Gasteiger partial charge in [-0.2, -0.15) is 4.31 Å². The van der Waals surface area contributed by atoms with Crippen LogP contribution in [0, 0.1) is 0 Å². The van der Waals surface area contributed by atoms with Crippen molar-refractivity contribution in [3.05, 3.63) is 18.2 Å². The van der Waals surface area contributed by atoms with Crippen LogP contribution in [0.3, 0.4) is 0 Å². The Kier molecular flexibility index (Phi) is 4.20. The van der Waals surface area contributed by atoms with Gasteiger partial charge in [-0.25, -0.2) is 13.4 Å². The number of hydrogen-bond donors (Lipinski definition) is 0. The number of carbonyl (C=O) groups is 1. The van der Waals surface area contributed by atoms with Crippen LogP contribution in [0.5, 0.6) is 0 Å². The van der Waals surface area contributed by atoms with Crippen molar-refractivity contribution in [2.24, 2.45) is 0 Å². The quantitative estimate of drug-likeness (QED) is 0.711. The van der Waals surface area contributed by atoms with Crippen molar-refractivity contribution in [3.8, 4) is 0 Å². The average Bonchev–Trinajstić information content (AvgIpc) is 2.85. The Morgan fingerprint density at radius 1 is 1.47 bits per heavy atom. The van der Waals surface area contributed by atoms with E-state index in [0.717, 1.165) is 5.82 Å². The van der Waals surface area contributed by atoms with E-state index in [2.05, 4.69) is 9.72 Å². The van der Waals surface area contributed by atoms with Gasteiger partial charge in [0, 0.05) is 31.9 Å². The molecule has 0 unspecified atom stereocenters. The minimum absolute atomic E-state index is 0.0389. The third-order valence-electron chi connectivity index (χ3n) is 3.11. The van der Waals surface area contributed by atoms with Gasteiger partial charge in [-0.3, -0.25) is 4.79 Å². The first kappa shape index (κ1) is 14.0. The number of methoxy groups -OCH3 is 1. The van der Waals surface area contributed by atoms with Crippen LogP contribution in [0.4, 0.5) is 0 Å². The van der Waals surface area contributed by atoms with Crippen LogP contribution in [0.25, 0.3) is 0 Å². The molecule has 0 aliphatic carbocycles. The highest BCUT2D eigenvalue weighted by Crippen LogP contribution is 2.15. The maximum absolute atomic E-state index is 12.1. The number of nitrogens with zero attached hydrogens (tertiary/aromatic N) is 3. The molecule has 1 aromatic rings. The fourth-order valence-electron chi connectivity index (χ4n) is 2.02. The SMILES string of the molecule is COC(=O)CCCS(=O)(=O)N1CCn2ccnc2C1. The van der Waals surface area contributed by atoms with E-state index in [9.17, 15) is 13.2 Å². The molecule has 0 bridgehead atoms. The predicted octanol–water partition coefficient (Wildman–Crippen LogP) is -0.0183. The number of fused-ring (bicyclic) bond motifs is 1. The first-order chi connectivity index (χ1) is 9.03. The second-order valence-electron chi connectivity index (χ2n) is 4.37. The maximum Gasteiger partial charge on any atom is 0.305 e. The zero-order valence-electron chi connectivity index (χ0n) is 10.8. The van der Waals surface area contributed by atoms with Crippen LogP contribution in [-0.4, -0.2) is 47.7 Å². The van der Waals surface area contributed by atoms with E-state index < -0.39 is 10.0 Å². The van der Waals surface area contributed by atoms with E-state index in [-0.39, 0.29) is 24.6 Å². The summed E-state index contributed by atoms with van der Waals surface area (Å²) in [5.74, 6) is 0.329. The predicted molar refractivity (Wildman–Crippen MR) is 67.7 cm³/mol. The molecule has 7 nitrogen and oxygen atoms in total. The lowest BCUT2D eigenvalue weighted by atomic mass is 10.3. The Morgan fingerprint density at radius 2 is 2.26 bits per heavy atom. The highest BCUT2D eigenvalue weighted by Gasteiger charge is 2.26. The number of esters is 1. The lowest BCUT2D eigenvalue weighted by molar-refractivity contribution is -0.140. The Bertz CT molecular complexity index is 552. The van der Waals surface area contributed by atoms with Crippen LogP contribution >= 0.6 is 0 Å². The second-order valence-corrected chi connectivity index (χ2v) is 6.45. The molecule has 8 heteroatoms. The standard InChI is InChI=1S/C11H17N3O4S/c1-18-11(15)3-2-8-19(16,17)14-7-6-13-5-4-12-10(13)9-14/h4-5H,2-3,6-9H2,1H3. The molecule has 0 N–H and O–H groups in total. The summed E-state index contributed by atoms with van der Waals surface area (Å²) in [6, 6.07) is 0. The highest BCUT2D eigenvalue weighted by atomic mass is 32.2. The molecular weight excluding hydrogens is 270 g/mol. The van der Waals surface area contributed by atoms with Gasteiger partial charge in [0.25, 0.3) is 0 Å². The number of imidazole rings is 1. The molecule has 106 valence electrons. The normalized spacial score (nSPS) is 16.1. The summed E-state index contributed by atoms with van der Waals surface area (Å²) in [6.07, 6.45) is 3.91. The van der Waals surface area contributed by atoms with Crippen LogP contribution in [0.1, 0.15) is 18.7 Å². The zero-order valence-corrected chi connectivity index (χ0v) is 11.6. The Morgan fingerprint density at radius 3 is 3.00 bits per heavy atom. The number of ether oxygens (including phenoxy) is 1. The van der Waals surface area contributed by atoms with E-state index in [1.165, 1.54) is 11.4 Å². The van der Waals surface area contributed by atoms with Gasteiger partial charge in [0.05, 0.1) is 19.4 Å². The number of sulfonamides is 1. The number of aromatic nitrogens is 2. The summed E-state index contributed by atoms with van der Waals surface area (Å²) in [4.78, 5) is 15.1. The first-order valence-corrected chi connectivity index (χ1v) is 7.68. The number of hydrogen-bond acceptors (Lipinski definition) is 5. The summed E-state index contributed by atoms with van der Waals surface area (Å²) in [5.41, 5.74) is 0. The second kappa shape index (κ2) is 5.70. The monoisotopic (exact) mass is 287 g/mol. The minimum atomic E-state index is -3.34. The third kappa shape index (κ3) is 3.32. The number of rotatable bonds is 5. The molecule has 0 spiro atoms. The first-order valence-electron chi connectivity index (χ1n) is 6.07. The van der Waals surface area contributed by atoms with E-state index in [1.807, 2.05) is 10.8 Å². The molecule has 1 aliphatic heterocycles. The molecule has 0 aromatic carbocycles. The van der Waals surface area contributed by atoms with Crippen molar-refractivity contribution in [1.29, 1.82) is 0 Å². The van der Waals surface area contributed by atoms with Gasteiger partial charge >= 0.3 is 5.97 Å². The van der Waals surface area contributed by atoms with Crippen molar-refractivity contribution < 1.29 is 17.9 Å². The molecular formula is C11H17N3O4S. The summed E-state index contributed by atoms with van der Waals surface area (Å²) in [6.45, 7) is 1.36. The molecule has 2 heterocycles. The smallest absolute Gasteiger partial charge is 0.305 e. The van der Waals surface area contributed by atoms with Crippen molar-refractivity contribution in [2.75, 3.05) is 19.4 Å². The van der Waals surface area contributed by atoms with Crippen LogP contribution in [-0.2, 0) is 32.6 Å². The lowest BCUT2D eigenvalue weighted by Gasteiger charge is -2.26. The van der Waals surface area contributed by atoms with Gasteiger partial charge in [-0.15, -0.1) is 0 Å². The summed E-state index contributed by atoms with van der Waals surface area (Å²) in [5, 5.41) is 0. The van der Waals surface area contributed by atoms with Gasteiger partial charge in [-0.05, 0) is 6.42 Å². The van der Waals surface area contributed by atoms with Crippen LogP contribution < -0.4 is 0 Å². The summed E-state index contributed by atoms with van der Waals surface area (Å²) < 4.78 is 32.1. The van der Waals surface area contributed by atoms with E-state index in [4.69, 9.17) is 0 Å². The lowest BCUT2D eigenvalue weighted by Crippen LogP contribution is -2.39. The van der Waals surface area contributed by atoms with Gasteiger partial charge in [-0.1, -0.05) is 0 Å². The summed E-state index contributed by atoms with van der Waals surface area (Å²) in [7, 11) is -2.04. The van der Waals surface area contributed by atoms with Crippen molar-refractivity contribution in [2.45, 2.75) is 25.9 Å². The Labute approximate surface area is 112 Å². The fraction of sp³-hybridized carbons (Fsp3) is 0.636. The van der Waals surface area contributed by atoms with Crippen molar-refractivity contribution in [3.63, 3.8) is 0 Å². The fourth-order valence-corrected chi connectivity index (χ4v) is 3.46. The van der Waals surface area contributed by atoms with E-state index >= 15 is 0 Å². The molecule has 0 amide bonds. The molecule has 0 fully saturated rings. The zero-order chi connectivity index (χ0) is 13.9. The van der Waals surface area contributed by atoms with Crippen LogP contribution in [0.15, 0.2) is 12.4 Å². The molecule has 1 aliphatic rings. The molecule has 0 atom stereocenters. The molecule has 0 saturated heterocycles. The molecule has 1 aromatic heterocycles. The number of carbonyl (C=O) groups excluding carboxylic acids is 1. The van der Waals surface area contributed by atoms with Crippen molar-refractivity contribution >= 4 is 16.0 Å². The maximum atomic E-state index is 12.1. The van der Waals surface area contributed by atoms with E-state index in [0.29, 0.717) is 19.6 Å². The van der Waals surface area contributed by atoms with Crippen molar-refractivity contribution in [1.82, 2.24) is 13.9 Å². The molecule has 19 heavy (non-hydrogen) atoms. The third-order valence-corrected chi connectivity index (χ3v) is 5.02. The minimum Gasteiger partial charge on any atom is -0.469 e. The Balaban J connectivity index is 1.92. The highest BCUT2D eigenvalue weighted by molar-refractivity contribution is 7.89. The molecule has 0 saturated carbocycles. The average molecular weight is 287 g/mol. The van der Waals surface area contributed by atoms with Gasteiger partial charge in [0.2, 0.25) is 10.0 Å². The van der Waals surface area contributed by atoms with Crippen LogP contribution in [0.2, 0.25) is 0 Å².